The van der Waals surface area contributed by atoms with Crippen LogP contribution in [0.1, 0.15) is 10.4 Å². The maximum Gasteiger partial charge on any atom is 0.278 e. The summed E-state index contributed by atoms with van der Waals surface area (Å²) in [6.07, 6.45) is 0. The molecule has 0 aliphatic carbocycles. The van der Waals surface area contributed by atoms with Crippen LogP contribution in [0.4, 0.5) is 11.4 Å². The number of aromatic amines is 1. The van der Waals surface area contributed by atoms with E-state index >= 15 is 0 Å². The van der Waals surface area contributed by atoms with Crippen LogP contribution in [0.25, 0.3) is 11.3 Å². The maximum atomic E-state index is 12.7. The number of thioether (sulfide) groups is 1. The summed E-state index contributed by atoms with van der Waals surface area (Å²) in [5.74, 6) is -0.619. The maximum absolute atomic E-state index is 12.7. The molecule has 0 radical (unpaired) electrons. The second kappa shape index (κ2) is 10.8. The number of para-hydroxylation sites is 2. The molecule has 4 aromatic rings. The molecular formula is C24H18ClN5O3S. The molecule has 3 aromatic carbocycles. The van der Waals surface area contributed by atoms with Crippen LogP contribution >= 0.6 is 23.4 Å². The Balaban J connectivity index is 1.46. The highest BCUT2D eigenvalue weighted by Gasteiger charge is 2.15. The number of carbonyl (C=O) groups is 2. The number of H-pyrrole nitrogens is 1. The van der Waals surface area contributed by atoms with E-state index in [4.69, 9.17) is 11.6 Å². The minimum absolute atomic E-state index is 0.00108. The molecule has 3 N–H and O–H groups in total. The first-order valence-electron chi connectivity index (χ1n) is 10.1. The third-order valence-corrected chi connectivity index (χ3v) is 5.82. The molecule has 4 rings (SSSR count). The number of hydrogen-bond donors (Lipinski definition) is 3. The van der Waals surface area contributed by atoms with E-state index in [1.165, 1.54) is 0 Å². The lowest BCUT2D eigenvalue weighted by Gasteiger charge is -2.10. The molecule has 8 nitrogen and oxygen atoms in total. The molecule has 0 unspecified atom stereocenters. The molecule has 2 amide bonds. The normalized spacial score (nSPS) is 10.5. The number of rotatable bonds is 7. The summed E-state index contributed by atoms with van der Waals surface area (Å²) in [4.78, 5) is 40.1. The van der Waals surface area contributed by atoms with E-state index in [9.17, 15) is 14.4 Å². The summed E-state index contributed by atoms with van der Waals surface area (Å²) in [6, 6.07) is 22.4. The molecule has 170 valence electrons. The Morgan fingerprint density at radius 3 is 2.26 bits per heavy atom. The Hall–Kier alpha value is -3.95. The van der Waals surface area contributed by atoms with Gasteiger partial charge in [-0.1, -0.05) is 71.9 Å². The number of halogens is 1. The zero-order valence-electron chi connectivity index (χ0n) is 17.6. The summed E-state index contributed by atoms with van der Waals surface area (Å²) >= 11 is 7.07. The van der Waals surface area contributed by atoms with Crippen LogP contribution in [0, 0.1) is 0 Å². The molecule has 1 aromatic heterocycles. The number of aromatic nitrogens is 3. The predicted octanol–water partition coefficient (Wildman–Crippen LogP) is 4.47. The molecule has 0 bridgehead atoms. The number of nitrogens with one attached hydrogen (secondary N) is 3. The van der Waals surface area contributed by atoms with Gasteiger partial charge in [0, 0.05) is 11.1 Å². The van der Waals surface area contributed by atoms with Gasteiger partial charge in [-0.05, 0) is 30.3 Å². The Labute approximate surface area is 203 Å². The van der Waals surface area contributed by atoms with Crippen LogP contribution < -0.4 is 16.2 Å². The van der Waals surface area contributed by atoms with Gasteiger partial charge in [-0.3, -0.25) is 19.4 Å². The zero-order chi connectivity index (χ0) is 23.9. The van der Waals surface area contributed by atoms with Gasteiger partial charge in [-0.2, -0.15) is 0 Å². The van der Waals surface area contributed by atoms with E-state index in [0.717, 1.165) is 11.8 Å². The zero-order valence-corrected chi connectivity index (χ0v) is 19.2. The van der Waals surface area contributed by atoms with Crippen molar-refractivity contribution < 1.29 is 9.59 Å². The average molecular weight is 492 g/mol. The second-order valence-electron chi connectivity index (χ2n) is 6.99. The third kappa shape index (κ3) is 5.69. The summed E-state index contributed by atoms with van der Waals surface area (Å²) < 4.78 is 0. The van der Waals surface area contributed by atoms with Crippen molar-refractivity contribution in [2.24, 2.45) is 0 Å². The van der Waals surface area contributed by atoms with Crippen molar-refractivity contribution in [3.8, 4) is 11.3 Å². The van der Waals surface area contributed by atoms with Gasteiger partial charge in [-0.25, -0.2) is 0 Å². The van der Waals surface area contributed by atoms with E-state index in [0.29, 0.717) is 27.5 Å². The lowest BCUT2D eigenvalue weighted by atomic mass is 10.1. The number of hydrogen-bond acceptors (Lipinski definition) is 6. The fraction of sp³-hybridized carbons (Fsp3) is 0.0417. The summed E-state index contributed by atoms with van der Waals surface area (Å²) in [6.45, 7) is 0. The van der Waals surface area contributed by atoms with Gasteiger partial charge in [0.05, 0.1) is 22.2 Å². The molecule has 0 aliphatic rings. The number of nitrogens with zero attached hydrogens (tertiary/aromatic N) is 2. The monoisotopic (exact) mass is 491 g/mol. The van der Waals surface area contributed by atoms with Crippen molar-refractivity contribution in [3.05, 3.63) is 99.8 Å². The standard InChI is InChI=1S/C24H18ClN5O3S/c25-17-11-5-7-13-19(17)26-20(31)14-34-24-28-23(33)21(29-30-24)16-10-4-6-12-18(16)27-22(32)15-8-2-1-3-9-15/h1-13H,14H2,(H,26,31)(H,27,32)(H,28,30,33). The summed E-state index contributed by atoms with van der Waals surface area (Å²) in [7, 11) is 0. The predicted molar refractivity (Wildman–Crippen MR) is 133 cm³/mol. The van der Waals surface area contributed by atoms with E-state index < -0.39 is 5.56 Å². The van der Waals surface area contributed by atoms with Gasteiger partial charge in [0.2, 0.25) is 5.91 Å². The SMILES string of the molecule is O=C(CSc1nnc(-c2ccccc2NC(=O)c2ccccc2)c(=O)[nH]1)Nc1ccccc1Cl. The van der Waals surface area contributed by atoms with Crippen LogP contribution in [0.3, 0.4) is 0 Å². The smallest absolute Gasteiger partial charge is 0.278 e. The number of carbonyl (C=O) groups excluding carboxylic acids is 2. The molecule has 1 heterocycles. The van der Waals surface area contributed by atoms with E-state index in [1.54, 1.807) is 72.8 Å². The molecule has 0 atom stereocenters. The second-order valence-corrected chi connectivity index (χ2v) is 8.36. The van der Waals surface area contributed by atoms with Crippen molar-refractivity contribution in [3.63, 3.8) is 0 Å². The molecule has 0 saturated heterocycles. The van der Waals surface area contributed by atoms with Crippen molar-refractivity contribution >= 4 is 46.6 Å². The quantitative estimate of drug-likeness (QED) is 0.328. The molecule has 34 heavy (non-hydrogen) atoms. The van der Waals surface area contributed by atoms with Gasteiger partial charge in [0.1, 0.15) is 0 Å². The number of amides is 2. The first-order valence-corrected chi connectivity index (χ1v) is 11.5. The molecule has 0 fully saturated rings. The molecule has 0 saturated carbocycles. The fourth-order valence-electron chi connectivity index (χ4n) is 3.03. The average Bonchev–Trinajstić information content (AvgIpc) is 2.85. The first kappa shape index (κ1) is 23.2. The van der Waals surface area contributed by atoms with Crippen LogP contribution in [0.2, 0.25) is 5.02 Å². The third-order valence-electron chi connectivity index (χ3n) is 4.63. The van der Waals surface area contributed by atoms with Gasteiger partial charge < -0.3 is 10.6 Å². The highest BCUT2D eigenvalue weighted by molar-refractivity contribution is 7.99. The van der Waals surface area contributed by atoms with Gasteiger partial charge in [0.15, 0.2) is 10.9 Å². The molecule has 0 aliphatic heterocycles. The lowest BCUT2D eigenvalue weighted by molar-refractivity contribution is -0.113. The fourth-order valence-corrected chi connectivity index (χ4v) is 3.82. The van der Waals surface area contributed by atoms with Gasteiger partial charge >= 0.3 is 0 Å². The first-order chi connectivity index (χ1) is 16.5. The van der Waals surface area contributed by atoms with Crippen molar-refractivity contribution in [1.29, 1.82) is 0 Å². The Bertz CT molecular complexity index is 1390. The van der Waals surface area contributed by atoms with Crippen LogP contribution in [-0.4, -0.2) is 32.7 Å². The summed E-state index contributed by atoms with van der Waals surface area (Å²) in [5.41, 5.74) is 1.39. The van der Waals surface area contributed by atoms with E-state index in [2.05, 4.69) is 25.8 Å². The van der Waals surface area contributed by atoms with Crippen molar-refractivity contribution in [2.45, 2.75) is 5.16 Å². The van der Waals surface area contributed by atoms with E-state index in [1.807, 2.05) is 6.07 Å². The van der Waals surface area contributed by atoms with Gasteiger partial charge in [-0.15, -0.1) is 10.2 Å². The van der Waals surface area contributed by atoms with Crippen molar-refractivity contribution in [1.82, 2.24) is 15.2 Å². The molecule has 0 spiro atoms. The Morgan fingerprint density at radius 2 is 1.53 bits per heavy atom. The number of anilines is 2. The number of benzene rings is 3. The minimum Gasteiger partial charge on any atom is -0.324 e. The van der Waals surface area contributed by atoms with Crippen LogP contribution in [0.15, 0.2) is 88.8 Å². The highest BCUT2D eigenvalue weighted by atomic mass is 35.5. The molecular weight excluding hydrogens is 474 g/mol. The van der Waals surface area contributed by atoms with Crippen LogP contribution in [0.5, 0.6) is 0 Å². The summed E-state index contributed by atoms with van der Waals surface area (Å²) in [5, 5.41) is 14.2. The van der Waals surface area contributed by atoms with E-state index in [-0.39, 0.29) is 28.4 Å². The highest BCUT2D eigenvalue weighted by Crippen LogP contribution is 2.25. The minimum atomic E-state index is -0.495. The Kier molecular flexibility index (Phi) is 7.36. The molecule has 10 heteroatoms. The topological polar surface area (TPSA) is 117 Å². The largest absolute Gasteiger partial charge is 0.324 e. The lowest BCUT2D eigenvalue weighted by Crippen LogP contribution is -2.18. The van der Waals surface area contributed by atoms with Crippen molar-refractivity contribution in [2.75, 3.05) is 16.4 Å². The Morgan fingerprint density at radius 1 is 0.853 bits per heavy atom. The van der Waals surface area contributed by atoms with Gasteiger partial charge in [0.25, 0.3) is 11.5 Å². The van der Waals surface area contributed by atoms with Crippen LogP contribution in [-0.2, 0) is 4.79 Å².